The van der Waals surface area contributed by atoms with Crippen LogP contribution in [0.1, 0.15) is 105 Å². The molecule has 1 amide bonds. The van der Waals surface area contributed by atoms with Gasteiger partial charge in [0.25, 0.3) is 5.91 Å². The summed E-state index contributed by atoms with van der Waals surface area (Å²) < 4.78 is 48.2. The molecule has 1 spiro atoms. The molecule has 70 heavy (non-hydrogen) atoms. The van der Waals surface area contributed by atoms with Crippen molar-refractivity contribution in [1.82, 2.24) is 15.2 Å². The molecule has 0 aliphatic carbocycles. The molecule has 0 saturated carbocycles. The van der Waals surface area contributed by atoms with Crippen molar-refractivity contribution in [1.29, 1.82) is 5.26 Å². The minimum atomic E-state index is -5.15. The zero-order chi connectivity index (χ0) is 52.9. The van der Waals surface area contributed by atoms with Gasteiger partial charge in [-0.3, -0.25) is 9.32 Å². The first-order chi connectivity index (χ1) is 32.6. The Morgan fingerprint density at radius 2 is 1.76 bits per heavy atom. The van der Waals surface area contributed by atoms with Gasteiger partial charge in [-0.1, -0.05) is 77.5 Å². The van der Waals surface area contributed by atoms with Gasteiger partial charge >= 0.3 is 7.82 Å². The summed E-state index contributed by atoms with van der Waals surface area (Å²) in [5.41, 5.74) is 1.87. The van der Waals surface area contributed by atoms with E-state index in [-0.39, 0.29) is 44.2 Å². The van der Waals surface area contributed by atoms with Gasteiger partial charge in [-0.05, 0) is 64.9 Å². The molecule has 2 saturated heterocycles. The Morgan fingerprint density at radius 1 is 1.09 bits per heavy atom. The number of phosphoric acid groups is 1. The molecule has 15 atom stereocenters. The monoisotopic (exact) mass is 1010 g/mol. The largest absolute Gasteiger partial charge is 0.469 e. The first-order valence-corrected chi connectivity index (χ1v) is 25.4. The van der Waals surface area contributed by atoms with Gasteiger partial charge in [0.05, 0.1) is 49.2 Å². The number of likely N-dealkylation sites (N-methyl/N-ethyl adjacent to an activating group) is 1. The van der Waals surface area contributed by atoms with Gasteiger partial charge in [0.15, 0.2) is 17.8 Å². The van der Waals surface area contributed by atoms with Crippen LogP contribution in [0.3, 0.4) is 0 Å². The maximum Gasteiger partial charge on any atom is 0.469 e. The third kappa shape index (κ3) is 16.3. The molecule has 0 unspecified atom stereocenters. The van der Waals surface area contributed by atoms with Crippen LogP contribution < -0.4 is 5.32 Å². The number of aromatic nitrogens is 1. The number of rotatable bonds is 26. The van der Waals surface area contributed by atoms with Crippen molar-refractivity contribution in [2.75, 3.05) is 41.5 Å². The van der Waals surface area contributed by atoms with Crippen molar-refractivity contribution in [3.63, 3.8) is 0 Å². The molecule has 1 aromatic heterocycles. The van der Waals surface area contributed by atoms with E-state index in [0.717, 1.165) is 16.7 Å². The number of nitriles is 1. The molecular weight excluding hydrogens is 928 g/mol. The molecule has 3 rings (SSSR count). The molecule has 8 N–H and O–H groups in total. The third-order valence-electron chi connectivity index (χ3n) is 14.0. The van der Waals surface area contributed by atoms with E-state index in [1.165, 1.54) is 26.6 Å². The molecule has 0 aromatic carbocycles. The van der Waals surface area contributed by atoms with Crippen molar-refractivity contribution in [2.24, 2.45) is 23.2 Å². The fourth-order valence-electron chi connectivity index (χ4n) is 8.96. The normalized spacial score (nSPS) is 27.6. The summed E-state index contributed by atoms with van der Waals surface area (Å²) in [5.74, 6) is -3.63. The Hall–Kier alpha value is -3.42. The van der Waals surface area contributed by atoms with E-state index in [1.807, 2.05) is 78.0 Å². The lowest BCUT2D eigenvalue weighted by Gasteiger charge is -2.50. The summed E-state index contributed by atoms with van der Waals surface area (Å²) in [6.07, 6.45) is 4.10. The molecule has 19 nitrogen and oxygen atoms in total. The number of methoxy groups -OCH3 is 2. The van der Waals surface area contributed by atoms with Gasteiger partial charge in [0.2, 0.25) is 0 Å². The van der Waals surface area contributed by atoms with E-state index >= 15 is 0 Å². The van der Waals surface area contributed by atoms with Crippen LogP contribution in [-0.4, -0.2) is 159 Å². The van der Waals surface area contributed by atoms with Crippen LogP contribution in [0.2, 0.25) is 0 Å². The molecular formula is C50H81N4O15P. The number of hydrogen-bond acceptors (Lipinski definition) is 16. The highest BCUT2D eigenvalue weighted by Crippen LogP contribution is 2.59. The molecule has 3 heterocycles. The summed E-state index contributed by atoms with van der Waals surface area (Å²) >= 11 is 0. The highest BCUT2D eigenvalue weighted by atomic mass is 31.2. The quantitative estimate of drug-likeness (QED) is 0.0355. The molecule has 1 aromatic rings. The van der Waals surface area contributed by atoms with Crippen LogP contribution in [0.5, 0.6) is 0 Å². The molecule has 0 bridgehead atoms. The minimum Gasteiger partial charge on any atom is -0.448 e. The van der Waals surface area contributed by atoms with E-state index < -0.39 is 97.7 Å². The fourth-order valence-corrected chi connectivity index (χ4v) is 9.64. The SMILES string of the molecule is COC[C@H]([C@@H](O)[C@@H](O)C(=O)NCC[C@@H](C)c1nc(/C=C/C[C@H]2O[C@]3(C[C@H](O)[C@H]2C)O[C@@H]([C@@H](C[C@@H](O)[C@@H](C)[C@@H](O)[C@@H](C)/C=C(C)/C(C)=C\C=C\C(C)=C/C#N)OC)[C@@H](OP(=O)(O)O)C3(C)C)co1)N(C)C. The Bertz CT molecular complexity index is 2080. The second-order valence-electron chi connectivity index (χ2n) is 19.9. The van der Waals surface area contributed by atoms with Gasteiger partial charge in [-0.2, -0.15) is 5.26 Å². The van der Waals surface area contributed by atoms with Gasteiger partial charge < -0.3 is 68.9 Å². The summed E-state index contributed by atoms with van der Waals surface area (Å²) in [6, 6.07) is 1.40. The van der Waals surface area contributed by atoms with Crippen molar-refractivity contribution in [3.8, 4) is 6.07 Å². The second-order valence-corrected chi connectivity index (χ2v) is 21.1. The number of phosphoric ester groups is 1. The molecule has 2 aliphatic rings. The van der Waals surface area contributed by atoms with E-state index in [1.54, 1.807) is 45.8 Å². The van der Waals surface area contributed by atoms with Crippen molar-refractivity contribution in [2.45, 2.75) is 161 Å². The molecule has 2 aliphatic heterocycles. The predicted octanol–water partition coefficient (Wildman–Crippen LogP) is 4.69. The van der Waals surface area contributed by atoms with Gasteiger partial charge in [-0.25, -0.2) is 9.55 Å². The molecule has 0 radical (unpaired) electrons. The Balaban J connectivity index is 1.74. The number of allylic oxidation sites excluding steroid dienone is 7. The lowest BCUT2D eigenvalue weighted by molar-refractivity contribution is -0.334. The summed E-state index contributed by atoms with van der Waals surface area (Å²) in [7, 11) is 1.12. The third-order valence-corrected chi connectivity index (χ3v) is 14.5. The summed E-state index contributed by atoms with van der Waals surface area (Å²) in [6.45, 7) is 16.6. The van der Waals surface area contributed by atoms with Crippen LogP contribution >= 0.6 is 7.82 Å². The predicted molar refractivity (Wildman–Crippen MR) is 262 cm³/mol. The number of amides is 1. The maximum absolute atomic E-state index is 12.6. The van der Waals surface area contributed by atoms with Crippen molar-refractivity contribution >= 4 is 19.8 Å². The number of ether oxygens (including phenoxy) is 4. The number of nitrogens with zero attached hydrogens (tertiary/aromatic N) is 3. The van der Waals surface area contributed by atoms with Crippen LogP contribution in [0.25, 0.3) is 6.08 Å². The van der Waals surface area contributed by atoms with Gasteiger partial charge in [0, 0.05) is 68.8 Å². The highest BCUT2D eigenvalue weighted by molar-refractivity contribution is 7.46. The number of aliphatic hydroxyl groups excluding tert-OH is 5. The van der Waals surface area contributed by atoms with Crippen LogP contribution in [0, 0.1) is 34.5 Å². The van der Waals surface area contributed by atoms with Crippen molar-refractivity contribution in [3.05, 3.63) is 71.0 Å². The molecule has 2 fully saturated rings. The van der Waals surface area contributed by atoms with E-state index in [2.05, 4.69) is 10.3 Å². The number of carbonyl (C=O) groups excluding carboxylic acids is 1. The second kappa shape index (κ2) is 27.0. The number of hydrogen-bond donors (Lipinski definition) is 8. The standard InChI is InChI=1S/C50H81N4O15P/c1-29(20-22-51)16-14-17-30(2)32(4)24-33(5)42(57)35(7)38(55)25-41(65-13)45-46(69-70(61,62)63)49(8,9)50(68-45)26-39(56)34(6)40(67-50)19-15-18-36-27-66-48(53-36)31(3)21-23-52-47(60)44(59)43(58)37(28-64-12)54(10)11/h14-18,20,24,27,31,33-35,37-46,55-59H,19,21,23,25-26,28H2,1-13H3,(H,52,60)(H2,61,62,63)/b16-14+,18-15+,29-20-,30-17-,32-24+/t31-,33+,34-,35-,37-,38-,39+,40-,41-,42+,43-,44-,45+,46-,50-/m1/s1. The zero-order valence-corrected chi connectivity index (χ0v) is 44.0. The van der Waals surface area contributed by atoms with Gasteiger partial charge in [0.1, 0.15) is 30.3 Å². The number of oxazole rings is 1. The van der Waals surface area contributed by atoms with E-state index in [4.69, 9.17) is 33.2 Å². The van der Waals surface area contributed by atoms with Crippen molar-refractivity contribution < 1.29 is 72.6 Å². The lowest BCUT2D eigenvalue weighted by Crippen LogP contribution is -2.58. The van der Waals surface area contributed by atoms with E-state index in [9.17, 15) is 44.7 Å². The summed E-state index contributed by atoms with van der Waals surface area (Å²) in [5, 5.41) is 67.1. The average molecular weight is 1010 g/mol. The number of aliphatic hydroxyl groups is 5. The summed E-state index contributed by atoms with van der Waals surface area (Å²) in [4.78, 5) is 39.2. The Morgan fingerprint density at radius 3 is 2.36 bits per heavy atom. The Labute approximate surface area is 414 Å². The van der Waals surface area contributed by atoms with Gasteiger partial charge in [-0.15, -0.1) is 0 Å². The van der Waals surface area contributed by atoms with Crippen LogP contribution in [-0.2, 0) is 32.8 Å². The van der Waals surface area contributed by atoms with Crippen LogP contribution in [0.4, 0.5) is 0 Å². The first kappa shape index (κ1) is 60.9. The average Bonchev–Trinajstić information content (AvgIpc) is 3.84. The topological polar surface area (TPSA) is 287 Å². The lowest BCUT2D eigenvalue weighted by atomic mass is 9.72. The minimum absolute atomic E-state index is 0.0645. The highest BCUT2D eigenvalue weighted by Gasteiger charge is 2.68. The Kier molecular flexibility index (Phi) is 23.5. The fraction of sp³-hybridized carbons (Fsp3) is 0.700. The maximum atomic E-state index is 12.6. The van der Waals surface area contributed by atoms with Crippen LogP contribution in [0.15, 0.2) is 63.9 Å². The first-order valence-electron chi connectivity index (χ1n) is 23.8. The number of nitrogens with one attached hydrogen (secondary N) is 1. The number of carbonyl (C=O) groups is 1. The molecule has 20 heteroatoms. The van der Waals surface area contributed by atoms with E-state index in [0.29, 0.717) is 18.0 Å². The molecule has 396 valence electrons. The zero-order valence-electron chi connectivity index (χ0n) is 43.1. The smallest absolute Gasteiger partial charge is 0.448 e.